The smallest absolute Gasteiger partial charge is 0.434 e. The zero-order valence-corrected chi connectivity index (χ0v) is 19.3. The molecule has 0 radical (unpaired) electrons. The zero-order valence-electron chi connectivity index (χ0n) is 16.9. The topological polar surface area (TPSA) is 184 Å². The van der Waals surface area contributed by atoms with Crippen LogP contribution in [0.2, 0.25) is 0 Å². The number of aliphatic carboxylic acids is 1. The summed E-state index contributed by atoms with van der Waals surface area (Å²) in [5.41, 5.74) is 4.48. The fourth-order valence-electron chi connectivity index (χ4n) is 3.27. The van der Waals surface area contributed by atoms with Gasteiger partial charge in [0.05, 0.1) is 10.4 Å². The maximum atomic E-state index is 13.0. The predicted molar refractivity (Wildman–Crippen MR) is 118 cm³/mol. The number of β-lactam (4-membered cyclic amide) rings is 1. The number of hydrogen-bond acceptors (Lipinski definition) is 12. The lowest BCUT2D eigenvalue weighted by atomic mass is 10.0. The number of carbonyl (C=O) groups excluding carboxylic acids is 2. The molecule has 12 nitrogen and oxygen atoms in total. The zero-order chi connectivity index (χ0) is 25.5. The summed E-state index contributed by atoms with van der Waals surface area (Å²) in [5.74, 6) is -3.44. The van der Waals surface area contributed by atoms with Crippen LogP contribution in [-0.4, -0.2) is 70.2 Å². The third kappa shape index (κ3) is 4.58. The molecule has 0 bridgehead atoms. The summed E-state index contributed by atoms with van der Waals surface area (Å²) < 4.78 is 42.9. The maximum absolute atomic E-state index is 13.0. The number of anilines is 1. The Morgan fingerprint density at radius 3 is 2.69 bits per heavy atom. The number of fused-ring (bicyclic) bond motifs is 1. The number of nitrogens with one attached hydrogen (secondary N) is 1. The van der Waals surface area contributed by atoms with Gasteiger partial charge in [-0.05, 0) is 11.6 Å². The van der Waals surface area contributed by atoms with Crippen molar-refractivity contribution in [3.05, 3.63) is 39.3 Å². The number of nitrogens with two attached hydrogens (primary N) is 1. The van der Waals surface area contributed by atoms with Crippen LogP contribution in [0.1, 0.15) is 16.4 Å². The Bertz CT molecular complexity index is 1300. The third-order valence-electron chi connectivity index (χ3n) is 4.75. The van der Waals surface area contributed by atoms with Crippen molar-refractivity contribution in [3.63, 3.8) is 0 Å². The molecule has 1 fully saturated rings. The van der Waals surface area contributed by atoms with E-state index in [0.717, 1.165) is 51.1 Å². The number of nitrogen functional groups attached to an aromatic ring is 1. The van der Waals surface area contributed by atoms with Gasteiger partial charge in [-0.1, -0.05) is 11.2 Å². The van der Waals surface area contributed by atoms with Gasteiger partial charge in [-0.15, -0.1) is 23.1 Å². The first kappa shape index (κ1) is 24.6. The predicted octanol–water partition coefficient (Wildman–Crippen LogP) is 1.23. The molecule has 2 aliphatic rings. The van der Waals surface area contributed by atoms with Gasteiger partial charge in [0.2, 0.25) is 11.5 Å². The van der Waals surface area contributed by atoms with Crippen molar-refractivity contribution in [1.82, 2.24) is 24.6 Å². The number of thioether (sulfide) groups is 1. The van der Waals surface area contributed by atoms with Gasteiger partial charge < -0.3 is 21.4 Å². The minimum absolute atomic E-state index is 0.0141. The van der Waals surface area contributed by atoms with E-state index in [1.807, 2.05) is 0 Å². The molecular weight excluding hydrogens is 535 g/mol. The van der Waals surface area contributed by atoms with E-state index in [1.54, 1.807) is 0 Å². The van der Waals surface area contributed by atoms with Gasteiger partial charge in [-0.25, -0.2) is 9.78 Å². The highest BCUT2D eigenvalue weighted by Crippen LogP contribution is 2.41. The Balaban J connectivity index is 1.54. The van der Waals surface area contributed by atoms with Crippen LogP contribution >= 0.6 is 34.6 Å². The number of allylic oxidation sites excluding steroid dienone is 1. The van der Waals surface area contributed by atoms with Gasteiger partial charge in [-0.2, -0.15) is 22.5 Å². The quantitative estimate of drug-likeness (QED) is 0.177. The number of nitrogens with zero attached hydrogens (tertiary/aromatic N) is 5. The molecule has 2 amide bonds. The van der Waals surface area contributed by atoms with Crippen LogP contribution in [0.4, 0.5) is 18.3 Å². The second-order valence-corrected chi connectivity index (χ2v) is 9.62. The average molecular weight is 548 g/mol. The minimum atomic E-state index is -4.68. The van der Waals surface area contributed by atoms with Gasteiger partial charge in [0.15, 0.2) is 10.8 Å². The van der Waals surface area contributed by atoms with Crippen LogP contribution in [0.25, 0.3) is 6.08 Å². The Morgan fingerprint density at radius 1 is 1.34 bits per heavy atom. The fraction of sp³-hybridized carbons (Fsp3) is 0.235. The Morgan fingerprint density at radius 2 is 2.09 bits per heavy atom. The Labute approximate surface area is 205 Å². The number of rotatable bonds is 6. The molecule has 0 aliphatic carbocycles. The number of amides is 2. The molecule has 2 aromatic rings. The number of thiazole rings is 1. The van der Waals surface area contributed by atoms with E-state index < -0.39 is 52.5 Å². The Kier molecular flexibility index (Phi) is 6.52. The van der Waals surface area contributed by atoms with Gasteiger partial charge in [0.1, 0.15) is 17.1 Å². The first-order valence-corrected chi connectivity index (χ1v) is 12.0. The largest absolute Gasteiger partial charge is 0.477 e. The summed E-state index contributed by atoms with van der Waals surface area (Å²) in [6, 6.07) is -1.15. The van der Waals surface area contributed by atoms with Crippen molar-refractivity contribution >= 4 is 69.3 Å². The van der Waals surface area contributed by atoms with Crippen molar-refractivity contribution in [2.24, 2.45) is 5.16 Å². The molecular formula is C17H12F3N7O5S3. The summed E-state index contributed by atoms with van der Waals surface area (Å²) in [4.78, 5) is 44.9. The second-order valence-electron chi connectivity index (χ2n) is 6.84. The number of aromatic nitrogens is 3. The average Bonchev–Trinajstić information content (AvgIpc) is 3.44. The van der Waals surface area contributed by atoms with E-state index in [4.69, 9.17) is 10.9 Å². The molecule has 1 unspecified atom stereocenters. The van der Waals surface area contributed by atoms with Crippen LogP contribution in [0.3, 0.4) is 0 Å². The first-order chi connectivity index (χ1) is 16.5. The summed E-state index contributed by atoms with van der Waals surface area (Å²) in [7, 11) is 0. The lowest BCUT2D eigenvalue weighted by Crippen LogP contribution is -2.71. The summed E-state index contributed by atoms with van der Waals surface area (Å²) in [5, 5.41) is 23.2. The van der Waals surface area contributed by atoms with E-state index in [9.17, 15) is 32.7 Å². The summed E-state index contributed by atoms with van der Waals surface area (Å²) in [6.07, 6.45) is -2.38. The third-order valence-corrected chi connectivity index (χ3v) is 7.39. The van der Waals surface area contributed by atoms with Crippen LogP contribution in [0, 0.1) is 0 Å². The lowest BCUT2D eigenvalue weighted by Gasteiger charge is -2.49. The molecule has 0 spiro atoms. The molecule has 2 aromatic heterocycles. The molecule has 1 saturated heterocycles. The molecule has 5 N–H and O–H groups in total. The van der Waals surface area contributed by atoms with Crippen LogP contribution in [0.5, 0.6) is 0 Å². The van der Waals surface area contributed by atoms with Crippen LogP contribution in [0.15, 0.2) is 28.0 Å². The normalized spacial score (nSPS) is 20.7. The number of carboxylic acid groups (broad SMARTS) is 1. The van der Waals surface area contributed by atoms with Crippen molar-refractivity contribution < 1.29 is 37.9 Å². The number of hydrogen-bond donors (Lipinski definition) is 4. The molecule has 184 valence electrons. The van der Waals surface area contributed by atoms with E-state index in [0.29, 0.717) is 0 Å². The molecule has 18 heteroatoms. The standard InChI is InChI=1S/C17H12F3N7O5S3/c18-17(19,20)10-6(34-4-22-10)2-1-5-3-33-14-8(13(29)27(14)9(5)15(30)31)23-12(28)7(25-32)11-24-16(21)35-26-11/h1-2,4,8,14,32H,3H2,(H,23,28)(H,30,31)(H2,21,24,26)/b2-1+,25-7+/t8?,14-/m1/s1. The molecule has 0 saturated carbocycles. The van der Waals surface area contributed by atoms with Crippen molar-refractivity contribution in [1.29, 1.82) is 0 Å². The molecule has 35 heavy (non-hydrogen) atoms. The molecule has 2 aliphatic heterocycles. The van der Waals surface area contributed by atoms with E-state index >= 15 is 0 Å². The van der Waals surface area contributed by atoms with Gasteiger partial charge in [0, 0.05) is 17.3 Å². The van der Waals surface area contributed by atoms with Crippen LogP contribution in [-0.2, 0) is 20.6 Å². The number of halogens is 3. The first-order valence-electron chi connectivity index (χ1n) is 9.25. The molecule has 4 rings (SSSR count). The van der Waals surface area contributed by atoms with Gasteiger partial charge in [-0.3, -0.25) is 14.5 Å². The highest BCUT2D eigenvalue weighted by atomic mass is 32.2. The van der Waals surface area contributed by atoms with Crippen molar-refractivity contribution in [3.8, 4) is 0 Å². The van der Waals surface area contributed by atoms with Gasteiger partial charge >= 0.3 is 12.1 Å². The number of carbonyl (C=O) groups is 3. The van der Waals surface area contributed by atoms with Crippen molar-refractivity contribution in [2.75, 3.05) is 11.5 Å². The van der Waals surface area contributed by atoms with Crippen molar-refractivity contribution in [2.45, 2.75) is 17.6 Å². The monoisotopic (exact) mass is 547 g/mol. The fourth-order valence-corrected chi connectivity index (χ4v) is 5.72. The highest BCUT2D eigenvalue weighted by molar-refractivity contribution is 8.00. The van der Waals surface area contributed by atoms with E-state index in [2.05, 4.69) is 24.8 Å². The Hall–Kier alpha value is -3.51. The molecule has 2 atom stereocenters. The number of alkyl halides is 3. The highest BCUT2D eigenvalue weighted by Gasteiger charge is 2.54. The number of oxime groups is 1. The van der Waals surface area contributed by atoms with Crippen LogP contribution < -0.4 is 11.1 Å². The molecule has 4 heterocycles. The molecule has 0 aromatic carbocycles. The summed E-state index contributed by atoms with van der Waals surface area (Å²) >= 11 is 2.58. The van der Waals surface area contributed by atoms with Gasteiger partial charge in [0.25, 0.3) is 11.8 Å². The van der Waals surface area contributed by atoms with E-state index in [1.165, 1.54) is 6.08 Å². The summed E-state index contributed by atoms with van der Waals surface area (Å²) in [6.45, 7) is 0. The SMILES string of the molecule is Nc1nc(/C(=N\O)C(=O)NC2C(=O)N3C(C(=O)O)=C(/C=C/c4scnc4C(F)(F)F)CS[C@H]23)ns1. The lowest BCUT2D eigenvalue weighted by molar-refractivity contribution is -0.150. The minimum Gasteiger partial charge on any atom is -0.477 e. The second kappa shape index (κ2) is 9.27. The van der Waals surface area contributed by atoms with E-state index in [-0.39, 0.29) is 27.2 Å². The number of carboxylic acids is 1. The maximum Gasteiger partial charge on any atom is 0.434 e.